The Labute approximate surface area is 180 Å². The Morgan fingerprint density at radius 1 is 1.00 bits per heavy atom. The Balaban J connectivity index is 2.03. The number of carbonyl (C=O) groups excluding carboxylic acids is 3. The highest BCUT2D eigenvalue weighted by Gasteiger charge is 2.19. The van der Waals surface area contributed by atoms with Crippen LogP contribution in [0.25, 0.3) is 0 Å². The van der Waals surface area contributed by atoms with Gasteiger partial charge in [0.15, 0.2) is 0 Å². The van der Waals surface area contributed by atoms with Crippen molar-refractivity contribution in [1.29, 1.82) is 0 Å². The van der Waals surface area contributed by atoms with Crippen LogP contribution in [0.1, 0.15) is 34.3 Å². The summed E-state index contributed by atoms with van der Waals surface area (Å²) in [6.45, 7) is 0.305. The van der Waals surface area contributed by atoms with E-state index in [0.29, 0.717) is 36.2 Å². The first-order valence-electron chi connectivity index (χ1n) is 9.63. The van der Waals surface area contributed by atoms with E-state index in [9.17, 15) is 14.4 Å². The van der Waals surface area contributed by atoms with Gasteiger partial charge in [0.05, 0.1) is 0 Å². The second kappa shape index (κ2) is 12.1. The second-order valence-corrected chi connectivity index (χ2v) is 6.59. The number of nitrogens with one attached hydrogen (secondary N) is 3. The molecule has 0 heterocycles. The second-order valence-electron chi connectivity index (χ2n) is 6.59. The lowest BCUT2D eigenvalue weighted by atomic mass is 10.1. The number of benzene rings is 2. The molecule has 0 fully saturated rings. The summed E-state index contributed by atoms with van der Waals surface area (Å²) >= 11 is 0. The van der Waals surface area contributed by atoms with E-state index in [1.807, 2.05) is 6.07 Å². The summed E-state index contributed by atoms with van der Waals surface area (Å²) in [5.74, 6) is 4.61. The van der Waals surface area contributed by atoms with Crippen LogP contribution >= 0.6 is 0 Å². The average molecular weight is 423 g/mol. The van der Waals surface area contributed by atoms with Gasteiger partial charge in [-0.05, 0) is 55.4 Å². The van der Waals surface area contributed by atoms with E-state index in [-0.39, 0.29) is 12.5 Å². The van der Waals surface area contributed by atoms with Crippen molar-refractivity contribution in [2.24, 2.45) is 11.5 Å². The van der Waals surface area contributed by atoms with Crippen molar-refractivity contribution >= 4 is 23.4 Å². The van der Waals surface area contributed by atoms with Gasteiger partial charge in [-0.1, -0.05) is 17.9 Å². The number of amides is 3. The summed E-state index contributed by atoms with van der Waals surface area (Å²) < 4.78 is 0. The van der Waals surface area contributed by atoms with Crippen molar-refractivity contribution < 1.29 is 19.6 Å². The molecule has 0 aliphatic rings. The van der Waals surface area contributed by atoms with Gasteiger partial charge < -0.3 is 22.1 Å². The maximum absolute atomic E-state index is 12.2. The largest absolute Gasteiger partial charge is 0.339 e. The Bertz CT molecular complexity index is 979. The normalized spacial score (nSPS) is 10.9. The first-order chi connectivity index (χ1) is 15.0. The molecule has 2 aromatic carbocycles. The van der Waals surface area contributed by atoms with Gasteiger partial charge in [0, 0.05) is 35.3 Å². The smallest absolute Gasteiger partial charge is 0.267 e. The first-order valence-corrected chi connectivity index (χ1v) is 9.63. The minimum Gasteiger partial charge on any atom is -0.339 e. The molecule has 1 atom stereocenters. The molecule has 31 heavy (non-hydrogen) atoms. The molecule has 9 nitrogen and oxygen atoms in total. The number of anilines is 1. The van der Waals surface area contributed by atoms with Crippen LogP contribution in [0.5, 0.6) is 0 Å². The maximum Gasteiger partial charge on any atom is 0.267 e. The molecule has 2 aromatic rings. The van der Waals surface area contributed by atoms with Crippen LogP contribution in [0.2, 0.25) is 0 Å². The van der Waals surface area contributed by atoms with E-state index >= 15 is 0 Å². The molecule has 0 unspecified atom stereocenters. The number of carbonyl (C=O) groups is 3. The Hall–Kier alpha value is -3.71. The van der Waals surface area contributed by atoms with Gasteiger partial charge in [0.1, 0.15) is 6.04 Å². The predicted octanol–water partition coefficient (Wildman–Crippen LogP) is 0.326. The molecule has 0 aliphatic carbocycles. The maximum atomic E-state index is 12.2. The summed E-state index contributed by atoms with van der Waals surface area (Å²) in [5, 5.41) is 13.9. The third-order valence-corrected chi connectivity index (χ3v) is 4.22. The van der Waals surface area contributed by atoms with E-state index in [0.717, 1.165) is 5.56 Å². The van der Waals surface area contributed by atoms with E-state index in [1.165, 1.54) is 5.48 Å². The molecular weight excluding hydrogens is 398 g/mol. The molecule has 0 spiro atoms. The lowest BCUT2D eigenvalue weighted by Crippen LogP contribution is -2.50. The number of hydrogen-bond acceptors (Lipinski definition) is 6. The molecule has 3 amide bonds. The van der Waals surface area contributed by atoms with Crippen LogP contribution < -0.4 is 27.6 Å². The zero-order chi connectivity index (χ0) is 22.6. The topological polar surface area (TPSA) is 160 Å². The van der Waals surface area contributed by atoms with Crippen molar-refractivity contribution in [3.63, 3.8) is 0 Å². The van der Waals surface area contributed by atoms with E-state index < -0.39 is 17.9 Å². The van der Waals surface area contributed by atoms with Crippen LogP contribution in [-0.2, 0) is 9.59 Å². The number of hydroxylamine groups is 1. The van der Waals surface area contributed by atoms with Gasteiger partial charge in [-0.2, -0.15) is 0 Å². The summed E-state index contributed by atoms with van der Waals surface area (Å²) in [5.41, 5.74) is 14.7. The zero-order valence-electron chi connectivity index (χ0n) is 16.9. The predicted molar refractivity (Wildman–Crippen MR) is 116 cm³/mol. The molecule has 0 bridgehead atoms. The Morgan fingerprint density at radius 3 is 2.35 bits per heavy atom. The van der Waals surface area contributed by atoms with Crippen molar-refractivity contribution in [2.45, 2.75) is 18.9 Å². The van der Waals surface area contributed by atoms with Crippen LogP contribution in [-0.4, -0.2) is 42.1 Å². The molecule has 0 saturated heterocycles. The van der Waals surface area contributed by atoms with Crippen molar-refractivity contribution in [1.82, 2.24) is 10.8 Å². The number of hydrogen-bond donors (Lipinski definition) is 6. The minimum absolute atomic E-state index is 0.0993. The molecule has 0 radical (unpaired) electrons. The fourth-order valence-corrected chi connectivity index (χ4v) is 2.56. The SMILES string of the molecule is NCCCC(=O)Nc1cccc(C#Cc2ccc(C(=O)N[C@@H](CN)C(=O)NO)cc2)c1. The van der Waals surface area contributed by atoms with Crippen LogP contribution in [0.3, 0.4) is 0 Å². The zero-order valence-corrected chi connectivity index (χ0v) is 16.9. The van der Waals surface area contributed by atoms with Crippen molar-refractivity contribution in [3.8, 4) is 11.8 Å². The van der Waals surface area contributed by atoms with Crippen LogP contribution in [0.15, 0.2) is 48.5 Å². The standard InChI is InChI=1S/C22H25N5O4/c23-12-2-5-20(28)25-18-4-1-3-16(13-18)7-6-15-8-10-17(11-9-15)21(29)26-19(14-24)22(30)27-31/h1,3-4,8-11,13,19,31H,2,5,12,14,23-24H2,(H,25,28)(H,26,29)(H,27,30)/t19-/m0/s1. The third-order valence-electron chi connectivity index (χ3n) is 4.22. The first kappa shape index (κ1) is 23.6. The highest BCUT2D eigenvalue weighted by atomic mass is 16.5. The molecule has 2 rings (SSSR count). The van der Waals surface area contributed by atoms with E-state index in [2.05, 4.69) is 22.5 Å². The Kier molecular flexibility index (Phi) is 9.19. The molecule has 8 N–H and O–H groups in total. The highest BCUT2D eigenvalue weighted by Crippen LogP contribution is 2.11. The quantitative estimate of drug-likeness (QED) is 0.204. The fraction of sp³-hybridized carbons (Fsp3) is 0.227. The molecule has 9 heteroatoms. The van der Waals surface area contributed by atoms with E-state index in [1.54, 1.807) is 42.5 Å². The molecular formula is C22H25N5O4. The Morgan fingerprint density at radius 2 is 1.71 bits per heavy atom. The summed E-state index contributed by atoms with van der Waals surface area (Å²) in [7, 11) is 0. The summed E-state index contributed by atoms with van der Waals surface area (Å²) in [6, 6.07) is 12.6. The molecule has 0 aromatic heterocycles. The number of rotatable bonds is 8. The summed E-state index contributed by atoms with van der Waals surface area (Å²) in [6.07, 6.45) is 0.990. The number of nitrogens with two attached hydrogens (primary N) is 2. The lowest BCUT2D eigenvalue weighted by Gasteiger charge is -2.14. The van der Waals surface area contributed by atoms with E-state index in [4.69, 9.17) is 16.7 Å². The van der Waals surface area contributed by atoms with Gasteiger partial charge in [-0.3, -0.25) is 19.6 Å². The third kappa shape index (κ3) is 7.56. The van der Waals surface area contributed by atoms with Gasteiger partial charge >= 0.3 is 0 Å². The molecule has 0 saturated carbocycles. The van der Waals surface area contributed by atoms with Gasteiger partial charge in [-0.25, -0.2) is 5.48 Å². The summed E-state index contributed by atoms with van der Waals surface area (Å²) in [4.78, 5) is 35.4. The lowest BCUT2D eigenvalue weighted by molar-refractivity contribution is -0.130. The molecule has 0 aliphatic heterocycles. The van der Waals surface area contributed by atoms with Crippen molar-refractivity contribution in [3.05, 3.63) is 65.2 Å². The van der Waals surface area contributed by atoms with Gasteiger partial charge in [-0.15, -0.1) is 0 Å². The van der Waals surface area contributed by atoms with Gasteiger partial charge in [0.2, 0.25) is 5.91 Å². The fourth-order valence-electron chi connectivity index (χ4n) is 2.56. The molecule has 162 valence electrons. The van der Waals surface area contributed by atoms with Crippen LogP contribution in [0.4, 0.5) is 5.69 Å². The van der Waals surface area contributed by atoms with Crippen LogP contribution in [0, 0.1) is 11.8 Å². The minimum atomic E-state index is -1.04. The monoisotopic (exact) mass is 423 g/mol. The highest BCUT2D eigenvalue weighted by molar-refractivity contribution is 5.97. The average Bonchev–Trinajstić information content (AvgIpc) is 2.79. The van der Waals surface area contributed by atoms with Crippen molar-refractivity contribution in [2.75, 3.05) is 18.4 Å². The van der Waals surface area contributed by atoms with Gasteiger partial charge in [0.25, 0.3) is 11.8 Å².